The lowest BCUT2D eigenvalue weighted by molar-refractivity contribution is 0.0949. The summed E-state index contributed by atoms with van der Waals surface area (Å²) in [6.45, 7) is 0.321. The van der Waals surface area contributed by atoms with Crippen molar-refractivity contribution in [1.29, 1.82) is 0 Å². The minimum atomic E-state index is -0.258. The molecule has 0 aliphatic rings. The molecular formula is C24H20N4O2S2. The quantitative estimate of drug-likeness (QED) is 0.234. The number of carbonyl (C=O) groups is 2. The first-order valence-corrected chi connectivity index (χ1v) is 11.1. The number of hydrogen-bond acceptors (Lipinski definition) is 5. The van der Waals surface area contributed by atoms with E-state index in [1.807, 2.05) is 29.6 Å². The Morgan fingerprint density at radius 1 is 1.00 bits per heavy atom. The largest absolute Gasteiger partial charge is 0.397 e. The first-order valence-electron chi connectivity index (χ1n) is 9.81. The Labute approximate surface area is 194 Å². The molecule has 2 heterocycles. The lowest BCUT2D eigenvalue weighted by Gasteiger charge is -2.10. The Bertz CT molecular complexity index is 1310. The number of nitrogen functional groups attached to an aromatic ring is 1. The number of anilines is 2. The summed E-state index contributed by atoms with van der Waals surface area (Å²) in [5.41, 5.74) is 9.99. The number of hydrogen-bond donors (Lipinski definition) is 4. The minimum Gasteiger partial charge on any atom is -0.397 e. The highest BCUT2D eigenvalue weighted by Gasteiger charge is 2.11. The van der Waals surface area contributed by atoms with Crippen LogP contribution in [-0.2, 0) is 6.54 Å². The molecular weight excluding hydrogens is 440 g/mol. The van der Waals surface area contributed by atoms with Crippen molar-refractivity contribution < 1.29 is 9.59 Å². The second-order valence-electron chi connectivity index (χ2n) is 7.03. The number of pyridine rings is 1. The molecule has 0 bridgehead atoms. The van der Waals surface area contributed by atoms with Crippen LogP contribution < -0.4 is 16.4 Å². The topological polar surface area (TPSA) is 100 Å². The van der Waals surface area contributed by atoms with E-state index in [9.17, 15) is 9.59 Å². The molecule has 8 heteroatoms. The molecule has 2 aromatic heterocycles. The van der Waals surface area contributed by atoms with Crippen LogP contribution in [0.25, 0.3) is 10.4 Å². The molecule has 0 atom stereocenters. The van der Waals surface area contributed by atoms with Gasteiger partial charge in [0, 0.05) is 23.2 Å². The van der Waals surface area contributed by atoms with Gasteiger partial charge in [-0.15, -0.1) is 11.3 Å². The van der Waals surface area contributed by atoms with Crippen LogP contribution in [0.1, 0.15) is 26.3 Å². The van der Waals surface area contributed by atoms with Crippen molar-refractivity contribution in [2.24, 2.45) is 0 Å². The number of amides is 2. The lowest BCUT2D eigenvalue weighted by Crippen LogP contribution is -2.23. The lowest BCUT2D eigenvalue weighted by atomic mass is 10.1. The van der Waals surface area contributed by atoms with Gasteiger partial charge in [0.1, 0.15) is 4.64 Å². The zero-order valence-corrected chi connectivity index (χ0v) is 18.6. The molecule has 0 aliphatic carbocycles. The number of H-pyrrole nitrogens is 1. The van der Waals surface area contributed by atoms with E-state index in [1.165, 1.54) is 0 Å². The third kappa shape index (κ3) is 4.93. The van der Waals surface area contributed by atoms with Crippen molar-refractivity contribution in [3.05, 3.63) is 99.6 Å². The molecule has 2 aromatic carbocycles. The Hall–Kier alpha value is -3.75. The van der Waals surface area contributed by atoms with E-state index in [1.54, 1.807) is 60.0 Å². The third-order valence-electron chi connectivity index (χ3n) is 4.84. The van der Waals surface area contributed by atoms with Crippen molar-refractivity contribution in [3.8, 4) is 10.4 Å². The number of aromatic amines is 1. The van der Waals surface area contributed by atoms with Gasteiger partial charge in [-0.1, -0.05) is 36.5 Å². The highest BCUT2D eigenvalue weighted by molar-refractivity contribution is 7.71. The van der Waals surface area contributed by atoms with Crippen LogP contribution in [-0.4, -0.2) is 16.8 Å². The van der Waals surface area contributed by atoms with Crippen LogP contribution in [0.3, 0.4) is 0 Å². The van der Waals surface area contributed by atoms with Crippen molar-refractivity contribution >= 4 is 46.7 Å². The fourth-order valence-electron chi connectivity index (χ4n) is 3.12. The van der Waals surface area contributed by atoms with Crippen LogP contribution in [0.4, 0.5) is 11.4 Å². The number of nitrogens with two attached hydrogens (primary N) is 1. The summed E-state index contributed by atoms with van der Waals surface area (Å²) >= 11 is 6.76. The molecule has 0 saturated carbocycles. The normalized spacial score (nSPS) is 10.5. The summed E-state index contributed by atoms with van der Waals surface area (Å²) in [5, 5.41) is 7.69. The average Bonchev–Trinajstić information content (AvgIpc) is 3.34. The van der Waals surface area contributed by atoms with Crippen LogP contribution in [0.5, 0.6) is 0 Å². The van der Waals surface area contributed by atoms with E-state index in [2.05, 4.69) is 15.6 Å². The number of benzene rings is 2. The molecule has 0 spiro atoms. The Kier molecular flexibility index (Phi) is 6.44. The third-order valence-corrected chi connectivity index (χ3v) is 6.09. The van der Waals surface area contributed by atoms with Gasteiger partial charge in [0.05, 0.1) is 16.9 Å². The molecule has 4 rings (SSSR count). The maximum absolute atomic E-state index is 12.6. The fraction of sp³-hybridized carbons (Fsp3) is 0.0417. The highest BCUT2D eigenvalue weighted by atomic mass is 32.1. The van der Waals surface area contributed by atoms with E-state index in [0.717, 1.165) is 16.0 Å². The average molecular weight is 461 g/mol. The van der Waals surface area contributed by atoms with E-state index < -0.39 is 0 Å². The number of aromatic nitrogens is 1. The standard InChI is InChI=1S/C24H20N4O2S2/c25-19-13-17(21-4-2-12-32-21)9-10-20(19)28-22(29)16-7-5-15(6-8-16)14-27-23(30)18-3-1-11-26-24(18)31/h1-13H,14,25H2,(H,26,31)(H,27,30)(H,28,29). The van der Waals surface area contributed by atoms with Crippen LogP contribution >= 0.6 is 23.6 Å². The SMILES string of the molecule is Nc1cc(-c2cccs2)ccc1NC(=O)c1ccc(CNC(=O)c2ccc[nH]c2=S)cc1. The molecule has 0 saturated heterocycles. The summed E-state index contributed by atoms with van der Waals surface area (Å²) in [6, 6.07) is 20.0. The Balaban J connectivity index is 1.37. The van der Waals surface area contributed by atoms with Gasteiger partial charge >= 0.3 is 0 Å². The molecule has 32 heavy (non-hydrogen) atoms. The van der Waals surface area contributed by atoms with E-state index >= 15 is 0 Å². The van der Waals surface area contributed by atoms with Gasteiger partial charge in [-0.2, -0.15) is 0 Å². The molecule has 0 radical (unpaired) electrons. The minimum absolute atomic E-state index is 0.254. The van der Waals surface area contributed by atoms with Crippen LogP contribution in [0.15, 0.2) is 78.3 Å². The van der Waals surface area contributed by atoms with Gasteiger partial charge < -0.3 is 21.4 Å². The fourth-order valence-corrected chi connectivity index (χ4v) is 4.07. The molecule has 0 fully saturated rings. The van der Waals surface area contributed by atoms with E-state index in [4.69, 9.17) is 18.0 Å². The zero-order valence-electron chi connectivity index (χ0n) is 16.9. The van der Waals surface area contributed by atoms with E-state index in [0.29, 0.717) is 33.7 Å². The van der Waals surface area contributed by atoms with Gasteiger partial charge in [0.2, 0.25) is 0 Å². The van der Waals surface area contributed by atoms with Crippen LogP contribution in [0, 0.1) is 4.64 Å². The predicted octanol–water partition coefficient (Wildman–Crippen LogP) is 5.24. The van der Waals surface area contributed by atoms with Crippen molar-refractivity contribution in [3.63, 3.8) is 0 Å². The second-order valence-corrected chi connectivity index (χ2v) is 8.38. The van der Waals surface area contributed by atoms with Crippen molar-refractivity contribution in [2.75, 3.05) is 11.1 Å². The highest BCUT2D eigenvalue weighted by Crippen LogP contribution is 2.30. The van der Waals surface area contributed by atoms with Crippen molar-refractivity contribution in [1.82, 2.24) is 10.3 Å². The number of nitrogens with one attached hydrogen (secondary N) is 3. The number of carbonyl (C=O) groups excluding carboxylic acids is 2. The summed E-state index contributed by atoms with van der Waals surface area (Å²) in [4.78, 5) is 28.9. The molecule has 0 aliphatic heterocycles. The summed E-state index contributed by atoms with van der Waals surface area (Å²) in [6.07, 6.45) is 1.68. The van der Waals surface area contributed by atoms with E-state index in [-0.39, 0.29) is 11.8 Å². The van der Waals surface area contributed by atoms with Gasteiger partial charge in [-0.3, -0.25) is 9.59 Å². The molecule has 4 aromatic rings. The maximum Gasteiger partial charge on any atom is 0.255 e. The Morgan fingerprint density at radius 2 is 1.81 bits per heavy atom. The van der Waals surface area contributed by atoms with Crippen LogP contribution in [0.2, 0.25) is 0 Å². The molecule has 6 nitrogen and oxygen atoms in total. The molecule has 2 amide bonds. The zero-order chi connectivity index (χ0) is 22.5. The first kappa shape index (κ1) is 21.5. The predicted molar refractivity (Wildman–Crippen MR) is 131 cm³/mol. The summed E-state index contributed by atoms with van der Waals surface area (Å²) in [5.74, 6) is -0.512. The smallest absolute Gasteiger partial charge is 0.255 e. The monoisotopic (exact) mass is 460 g/mol. The van der Waals surface area contributed by atoms with Gasteiger partial charge in [0.25, 0.3) is 11.8 Å². The van der Waals surface area contributed by atoms with Gasteiger partial charge in [-0.25, -0.2) is 0 Å². The molecule has 0 unspecified atom stereocenters. The molecule has 160 valence electrons. The molecule has 5 N–H and O–H groups in total. The van der Waals surface area contributed by atoms with Gasteiger partial charge in [-0.05, 0) is 59.0 Å². The second kappa shape index (κ2) is 9.59. The van der Waals surface area contributed by atoms with Gasteiger partial charge in [0.15, 0.2) is 0 Å². The first-order chi connectivity index (χ1) is 15.5. The van der Waals surface area contributed by atoms with Crippen molar-refractivity contribution in [2.45, 2.75) is 6.54 Å². The summed E-state index contributed by atoms with van der Waals surface area (Å²) < 4.78 is 0.389. The summed E-state index contributed by atoms with van der Waals surface area (Å²) in [7, 11) is 0. The number of thiophene rings is 1. The Morgan fingerprint density at radius 3 is 2.50 bits per heavy atom. The maximum atomic E-state index is 12.6. The number of rotatable bonds is 6.